The molecule has 1 saturated carbocycles. The molecule has 1 unspecified atom stereocenters. The van der Waals surface area contributed by atoms with E-state index >= 15 is 0 Å². The van der Waals surface area contributed by atoms with Gasteiger partial charge in [-0.15, -0.1) is 11.3 Å². The van der Waals surface area contributed by atoms with Gasteiger partial charge in [0.05, 0.1) is 0 Å². The van der Waals surface area contributed by atoms with Crippen LogP contribution < -0.4 is 5.32 Å². The number of rotatable bonds is 4. The van der Waals surface area contributed by atoms with Gasteiger partial charge in [0.25, 0.3) is 0 Å². The zero-order chi connectivity index (χ0) is 11.4. The van der Waals surface area contributed by atoms with Crippen molar-refractivity contribution in [3.63, 3.8) is 0 Å². The Kier molecular flexibility index (Phi) is 4.42. The van der Waals surface area contributed by atoms with Crippen molar-refractivity contribution in [1.82, 2.24) is 5.32 Å². The smallest absolute Gasteiger partial charge is 0.0417 e. The van der Waals surface area contributed by atoms with Crippen LogP contribution in [0.4, 0.5) is 0 Å². The number of hydrogen-bond acceptors (Lipinski definition) is 2. The summed E-state index contributed by atoms with van der Waals surface area (Å²) in [4.78, 5) is 1.55. The normalized spacial score (nSPS) is 19.9. The van der Waals surface area contributed by atoms with Crippen LogP contribution in [-0.2, 0) is 0 Å². The fourth-order valence-corrected chi connectivity index (χ4v) is 3.90. The number of aryl methyl sites for hydroxylation is 1. The number of thiophene rings is 1. The fourth-order valence-electron chi connectivity index (χ4n) is 2.85. The Labute approximate surface area is 103 Å². The first-order valence-corrected chi connectivity index (χ1v) is 7.40. The topological polar surface area (TPSA) is 12.0 Å². The fraction of sp³-hybridized carbons (Fsp3) is 0.714. The maximum Gasteiger partial charge on any atom is 0.0417 e. The lowest BCUT2D eigenvalue weighted by Crippen LogP contribution is -2.20. The number of nitrogens with one attached hydrogen (secondary N) is 1. The monoisotopic (exact) mass is 237 g/mol. The second-order valence-corrected chi connectivity index (χ2v) is 6.00. The van der Waals surface area contributed by atoms with Crippen LogP contribution in [0.25, 0.3) is 0 Å². The van der Waals surface area contributed by atoms with Crippen LogP contribution in [0.2, 0.25) is 0 Å². The predicted octanol–water partition coefficient (Wildman–Crippen LogP) is 4.29. The van der Waals surface area contributed by atoms with Gasteiger partial charge >= 0.3 is 0 Å². The lowest BCUT2D eigenvalue weighted by atomic mass is 9.84. The molecule has 90 valence electrons. The summed E-state index contributed by atoms with van der Waals surface area (Å²) in [5, 5.41) is 5.72. The first kappa shape index (κ1) is 12.1. The summed E-state index contributed by atoms with van der Waals surface area (Å²) in [6.07, 6.45) is 8.58. The Balaban J connectivity index is 1.97. The van der Waals surface area contributed by atoms with Crippen LogP contribution in [0.15, 0.2) is 11.4 Å². The maximum absolute atomic E-state index is 3.50. The zero-order valence-electron chi connectivity index (χ0n) is 10.5. The molecule has 0 spiro atoms. The van der Waals surface area contributed by atoms with E-state index in [1.54, 1.807) is 4.88 Å². The highest BCUT2D eigenvalue weighted by molar-refractivity contribution is 7.10. The molecule has 0 aromatic carbocycles. The van der Waals surface area contributed by atoms with Crippen molar-refractivity contribution in [2.24, 2.45) is 5.92 Å². The average Bonchev–Trinajstić information content (AvgIpc) is 2.74. The molecule has 16 heavy (non-hydrogen) atoms. The molecular weight excluding hydrogens is 214 g/mol. The molecule has 1 nitrogen and oxygen atoms in total. The molecule has 1 heterocycles. The van der Waals surface area contributed by atoms with Crippen molar-refractivity contribution in [2.45, 2.75) is 51.5 Å². The first-order valence-electron chi connectivity index (χ1n) is 6.52. The summed E-state index contributed by atoms with van der Waals surface area (Å²) in [6, 6.07) is 2.83. The Bertz CT molecular complexity index is 312. The predicted molar refractivity (Wildman–Crippen MR) is 72.0 cm³/mol. The summed E-state index contributed by atoms with van der Waals surface area (Å²) in [7, 11) is 2.10. The van der Waals surface area contributed by atoms with Crippen molar-refractivity contribution in [1.29, 1.82) is 0 Å². The third-order valence-corrected chi connectivity index (χ3v) is 4.99. The summed E-state index contributed by atoms with van der Waals surface area (Å²) in [5.41, 5.74) is 1.46. The molecule has 0 bridgehead atoms. The molecule has 1 fully saturated rings. The van der Waals surface area contributed by atoms with Gasteiger partial charge in [0, 0.05) is 10.9 Å². The van der Waals surface area contributed by atoms with E-state index < -0.39 is 0 Å². The zero-order valence-corrected chi connectivity index (χ0v) is 11.3. The molecule has 0 amide bonds. The van der Waals surface area contributed by atoms with Crippen LogP contribution in [0.3, 0.4) is 0 Å². The van der Waals surface area contributed by atoms with Crippen LogP contribution in [0.1, 0.15) is 55.0 Å². The molecule has 1 aromatic rings. The molecule has 2 heteroatoms. The van der Waals surface area contributed by atoms with E-state index in [0.29, 0.717) is 6.04 Å². The Morgan fingerprint density at radius 1 is 1.38 bits per heavy atom. The minimum atomic E-state index is 0.586. The summed E-state index contributed by atoms with van der Waals surface area (Å²) in [5.74, 6) is 0.952. The highest BCUT2D eigenvalue weighted by Gasteiger charge is 2.20. The third kappa shape index (κ3) is 2.86. The second kappa shape index (κ2) is 5.83. The molecule has 1 aliphatic carbocycles. The van der Waals surface area contributed by atoms with Crippen LogP contribution in [0.5, 0.6) is 0 Å². The summed E-state index contributed by atoms with van der Waals surface area (Å²) in [6.45, 7) is 2.23. The van der Waals surface area contributed by atoms with Crippen molar-refractivity contribution in [2.75, 3.05) is 7.05 Å². The van der Waals surface area contributed by atoms with Crippen molar-refractivity contribution < 1.29 is 0 Å². The molecule has 1 atom stereocenters. The van der Waals surface area contributed by atoms with Gasteiger partial charge in [-0.25, -0.2) is 0 Å². The van der Waals surface area contributed by atoms with Crippen LogP contribution in [0, 0.1) is 12.8 Å². The van der Waals surface area contributed by atoms with Gasteiger partial charge in [-0.3, -0.25) is 0 Å². The standard InChI is InChI=1S/C14H23NS/c1-11-8-9-16-14(11)13(15-2)10-12-6-4-3-5-7-12/h8-9,12-13,15H,3-7,10H2,1-2H3. The van der Waals surface area contributed by atoms with E-state index in [4.69, 9.17) is 0 Å². The maximum atomic E-state index is 3.50. The van der Waals surface area contributed by atoms with Gasteiger partial charge in [-0.1, -0.05) is 32.1 Å². The average molecular weight is 237 g/mol. The van der Waals surface area contributed by atoms with E-state index in [2.05, 4.69) is 30.7 Å². The molecule has 0 aliphatic heterocycles. The molecule has 1 N–H and O–H groups in total. The van der Waals surface area contributed by atoms with E-state index in [1.807, 2.05) is 11.3 Å². The Morgan fingerprint density at radius 2 is 2.12 bits per heavy atom. The van der Waals surface area contributed by atoms with Gasteiger partial charge < -0.3 is 5.32 Å². The lowest BCUT2D eigenvalue weighted by molar-refractivity contribution is 0.307. The largest absolute Gasteiger partial charge is 0.312 e. The highest BCUT2D eigenvalue weighted by Crippen LogP contribution is 2.34. The molecule has 1 aromatic heterocycles. The molecule has 0 radical (unpaired) electrons. The lowest BCUT2D eigenvalue weighted by Gasteiger charge is -2.26. The highest BCUT2D eigenvalue weighted by atomic mass is 32.1. The summed E-state index contributed by atoms with van der Waals surface area (Å²) >= 11 is 1.91. The first-order chi connectivity index (χ1) is 7.81. The van der Waals surface area contributed by atoms with E-state index in [1.165, 1.54) is 44.1 Å². The van der Waals surface area contributed by atoms with Gasteiger partial charge in [-0.05, 0) is 43.3 Å². The van der Waals surface area contributed by atoms with Gasteiger partial charge in [0.15, 0.2) is 0 Å². The third-order valence-electron chi connectivity index (χ3n) is 3.86. The van der Waals surface area contributed by atoms with Gasteiger partial charge in [-0.2, -0.15) is 0 Å². The molecule has 1 aliphatic rings. The molecule has 0 saturated heterocycles. The Morgan fingerprint density at radius 3 is 2.69 bits per heavy atom. The van der Waals surface area contributed by atoms with Crippen molar-refractivity contribution >= 4 is 11.3 Å². The SMILES string of the molecule is CNC(CC1CCCCC1)c1sccc1C. The molecule has 2 rings (SSSR count). The van der Waals surface area contributed by atoms with Crippen molar-refractivity contribution in [3.05, 3.63) is 21.9 Å². The van der Waals surface area contributed by atoms with Crippen LogP contribution >= 0.6 is 11.3 Å². The van der Waals surface area contributed by atoms with Gasteiger partial charge in [0.1, 0.15) is 0 Å². The van der Waals surface area contributed by atoms with E-state index in [0.717, 1.165) is 5.92 Å². The van der Waals surface area contributed by atoms with Crippen molar-refractivity contribution in [3.8, 4) is 0 Å². The quantitative estimate of drug-likeness (QED) is 0.824. The summed E-state index contributed by atoms with van der Waals surface area (Å²) < 4.78 is 0. The van der Waals surface area contributed by atoms with Crippen LogP contribution in [-0.4, -0.2) is 7.05 Å². The van der Waals surface area contributed by atoms with Gasteiger partial charge in [0.2, 0.25) is 0 Å². The minimum absolute atomic E-state index is 0.586. The van der Waals surface area contributed by atoms with E-state index in [9.17, 15) is 0 Å². The number of hydrogen-bond donors (Lipinski definition) is 1. The minimum Gasteiger partial charge on any atom is -0.312 e. The van der Waals surface area contributed by atoms with E-state index in [-0.39, 0.29) is 0 Å². The molecular formula is C14H23NS. The Hall–Kier alpha value is -0.340. The second-order valence-electron chi connectivity index (χ2n) is 5.05.